The van der Waals surface area contributed by atoms with Crippen molar-refractivity contribution in [2.45, 2.75) is 20.8 Å². The Morgan fingerprint density at radius 3 is 2.52 bits per heavy atom. The molecule has 114 valence electrons. The van der Waals surface area contributed by atoms with Gasteiger partial charge in [-0.25, -0.2) is 4.79 Å². The lowest BCUT2D eigenvalue weighted by atomic mass is 10.1. The van der Waals surface area contributed by atoms with Crippen molar-refractivity contribution in [1.82, 2.24) is 0 Å². The molecule has 0 amide bonds. The fraction of sp³-hybridized carbons (Fsp3) is 0.471. The van der Waals surface area contributed by atoms with Crippen LogP contribution in [0.2, 0.25) is 0 Å². The van der Waals surface area contributed by atoms with E-state index in [2.05, 4.69) is 20.9 Å². The first-order chi connectivity index (χ1) is 10.0. The van der Waals surface area contributed by atoms with Gasteiger partial charge >= 0.3 is 5.97 Å². The van der Waals surface area contributed by atoms with Gasteiger partial charge in [0, 0.05) is 10.9 Å². The van der Waals surface area contributed by atoms with Gasteiger partial charge in [-0.2, -0.15) is 0 Å². The highest BCUT2D eigenvalue weighted by Crippen LogP contribution is 2.25. The summed E-state index contributed by atoms with van der Waals surface area (Å²) in [4.78, 5) is 12.2. The largest absolute Gasteiger partial charge is 0.454 e. The Labute approximate surface area is 125 Å². The number of fused-ring (bicyclic) bond motifs is 1. The molecule has 0 bridgehead atoms. The Hall–Kier alpha value is -1.81. The highest BCUT2D eigenvalue weighted by Gasteiger charge is 2.21. The molecule has 0 saturated heterocycles. The second-order valence-electron chi connectivity index (χ2n) is 5.66. The van der Waals surface area contributed by atoms with E-state index in [1.807, 2.05) is 31.2 Å². The number of benzene rings is 1. The topological polar surface area (TPSA) is 39.4 Å². The first-order valence-corrected chi connectivity index (χ1v) is 7.49. The van der Waals surface area contributed by atoms with E-state index in [9.17, 15) is 4.79 Å². The molecule has 4 heteroatoms. The number of likely N-dealkylation sites (N-methyl/N-ethyl adjacent to an activating group) is 1. The Balaban J connectivity index is 2.04. The summed E-state index contributed by atoms with van der Waals surface area (Å²) in [6, 6.07) is 7.64. The third kappa shape index (κ3) is 3.27. The molecule has 0 radical (unpaired) electrons. The fourth-order valence-corrected chi connectivity index (χ4v) is 2.33. The maximum Gasteiger partial charge on any atom is 0.374 e. The van der Waals surface area contributed by atoms with E-state index < -0.39 is 0 Å². The summed E-state index contributed by atoms with van der Waals surface area (Å²) in [7, 11) is 2.17. The molecule has 0 saturated carbocycles. The molecule has 1 heterocycles. The van der Waals surface area contributed by atoms with Crippen molar-refractivity contribution >= 4 is 16.9 Å². The smallest absolute Gasteiger partial charge is 0.374 e. The fourth-order valence-electron chi connectivity index (χ4n) is 2.33. The third-order valence-corrected chi connectivity index (χ3v) is 4.42. The number of quaternary nitrogens is 1. The van der Waals surface area contributed by atoms with Gasteiger partial charge in [0.15, 0.2) is 0 Å². The van der Waals surface area contributed by atoms with Crippen molar-refractivity contribution in [3.8, 4) is 0 Å². The molecule has 2 rings (SSSR count). The molecule has 0 spiro atoms. The minimum Gasteiger partial charge on any atom is -0.454 e. The molecule has 0 aliphatic heterocycles. The SMILES string of the molecule is CC[N+](C)(CC)CCOC(=O)c1oc2ccccc2c1C. The molecule has 1 aromatic carbocycles. The number of carbonyl (C=O) groups excluding carboxylic acids is 1. The van der Waals surface area contributed by atoms with Gasteiger partial charge in [-0.05, 0) is 26.8 Å². The first-order valence-electron chi connectivity index (χ1n) is 7.49. The number of nitrogens with zero attached hydrogens (tertiary/aromatic N) is 1. The van der Waals surface area contributed by atoms with E-state index in [0.29, 0.717) is 12.4 Å². The highest BCUT2D eigenvalue weighted by molar-refractivity contribution is 5.95. The summed E-state index contributed by atoms with van der Waals surface area (Å²) < 4.78 is 11.9. The second kappa shape index (κ2) is 6.31. The van der Waals surface area contributed by atoms with Gasteiger partial charge in [-0.15, -0.1) is 0 Å². The summed E-state index contributed by atoms with van der Waals surface area (Å²) in [5, 5.41) is 0.965. The van der Waals surface area contributed by atoms with Gasteiger partial charge in [0.05, 0.1) is 20.1 Å². The van der Waals surface area contributed by atoms with Gasteiger partial charge in [0.25, 0.3) is 0 Å². The summed E-state index contributed by atoms with van der Waals surface area (Å²) >= 11 is 0. The Morgan fingerprint density at radius 2 is 1.90 bits per heavy atom. The number of aryl methyl sites for hydroxylation is 1. The molecule has 0 atom stereocenters. The van der Waals surface area contributed by atoms with E-state index in [-0.39, 0.29) is 5.97 Å². The standard InChI is InChI=1S/C17H24NO3/c1-5-18(4,6-2)11-12-20-17(19)16-13(3)14-9-7-8-10-15(14)21-16/h7-10H,5-6,11-12H2,1-4H3/q+1. The molecular weight excluding hydrogens is 266 g/mol. The number of rotatable bonds is 6. The lowest BCUT2D eigenvalue weighted by molar-refractivity contribution is -0.906. The Kier molecular flexibility index (Phi) is 4.68. The molecule has 0 fully saturated rings. The zero-order valence-electron chi connectivity index (χ0n) is 13.3. The maximum absolute atomic E-state index is 12.2. The minimum atomic E-state index is -0.373. The van der Waals surface area contributed by atoms with Gasteiger partial charge in [-0.1, -0.05) is 18.2 Å². The van der Waals surface area contributed by atoms with E-state index in [1.54, 1.807) is 0 Å². The molecule has 0 aliphatic rings. The van der Waals surface area contributed by atoms with E-state index in [4.69, 9.17) is 9.15 Å². The Morgan fingerprint density at radius 1 is 1.24 bits per heavy atom. The van der Waals surface area contributed by atoms with Crippen molar-refractivity contribution in [1.29, 1.82) is 0 Å². The van der Waals surface area contributed by atoms with Gasteiger partial charge in [0.2, 0.25) is 5.76 Å². The molecule has 1 aromatic heterocycles. The molecule has 0 aliphatic carbocycles. The van der Waals surface area contributed by atoms with Crippen molar-refractivity contribution in [3.05, 3.63) is 35.6 Å². The number of hydrogen-bond donors (Lipinski definition) is 0. The number of para-hydroxylation sites is 1. The van der Waals surface area contributed by atoms with Crippen LogP contribution >= 0.6 is 0 Å². The van der Waals surface area contributed by atoms with Crippen LogP contribution in [0.1, 0.15) is 30.0 Å². The van der Waals surface area contributed by atoms with Gasteiger partial charge in [-0.3, -0.25) is 0 Å². The van der Waals surface area contributed by atoms with Gasteiger partial charge in [0.1, 0.15) is 18.7 Å². The average molecular weight is 290 g/mol. The summed E-state index contributed by atoms with van der Waals surface area (Å²) in [6.45, 7) is 9.46. The molecule has 0 unspecified atom stereocenters. The normalized spacial score (nSPS) is 11.8. The van der Waals surface area contributed by atoms with Crippen molar-refractivity contribution in [2.75, 3.05) is 33.3 Å². The van der Waals surface area contributed by atoms with Crippen LogP contribution in [0, 0.1) is 6.92 Å². The number of esters is 1. The van der Waals surface area contributed by atoms with Crippen LogP contribution in [0.5, 0.6) is 0 Å². The van der Waals surface area contributed by atoms with Crippen LogP contribution in [0.3, 0.4) is 0 Å². The maximum atomic E-state index is 12.2. The minimum absolute atomic E-state index is 0.318. The predicted octanol–water partition coefficient (Wildman–Crippen LogP) is 3.38. The van der Waals surface area contributed by atoms with Crippen molar-refractivity contribution in [3.63, 3.8) is 0 Å². The van der Waals surface area contributed by atoms with E-state index in [0.717, 1.165) is 40.6 Å². The van der Waals surface area contributed by atoms with Crippen molar-refractivity contribution in [2.24, 2.45) is 0 Å². The van der Waals surface area contributed by atoms with Crippen LogP contribution in [0.25, 0.3) is 11.0 Å². The first kappa shape index (κ1) is 15.6. The summed E-state index contributed by atoms with van der Waals surface area (Å²) in [6.07, 6.45) is 0. The number of furan rings is 1. The van der Waals surface area contributed by atoms with E-state index >= 15 is 0 Å². The highest BCUT2D eigenvalue weighted by atomic mass is 16.5. The molecule has 0 N–H and O–H groups in total. The van der Waals surface area contributed by atoms with Crippen molar-refractivity contribution < 1.29 is 18.4 Å². The van der Waals surface area contributed by atoms with Crippen LogP contribution in [0.4, 0.5) is 0 Å². The average Bonchev–Trinajstić information content (AvgIpc) is 2.84. The summed E-state index contributed by atoms with van der Waals surface area (Å²) in [5.74, 6) is -0.0548. The monoisotopic (exact) mass is 290 g/mol. The molecule has 4 nitrogen and oxygen atoms in total. The van der Waals surface area contributed by atoms with Gasteiger partial charge < -0.3 is 13.6 Å². The number of carbonyl (C=O) groups is 1. The van der Waals surface area contributed by atoms with Crippen LogP contribution in [0.15, 0.2) is 28.7 Å². The quantitative estimate of drug-likeness (QED) is 0.605. The molecule has 2 aromatic rings. The van der Waals surface area contributed by atoms with Crippen LogP contribution < -0.4 is 0 Å². The second-order valence-corrected chi connectivity index (χ2v) is 5.66. The van der Waals surface area contributed by atoms with Crippen LogP contribution in [-0.2, 0) is 4.74 Å². The molecule has 21 heavy (non-hydrogen) atoms. The zero-order chi connectivity index (χ0) is 15.5. The van der Waals surface area contributed by atoms with E-state index in [1.165, 1.54) is 0 Å². The number of ether oxygens (including phenoxy) is 1. The summed E-state index contributed by atoms with van der Waals surface area (Å²) in [5.41, 5.74) is 1.57. The predicted molar refractivity (Wildman–Crippen MR) is 83.4 cm³/mol. The third-order valence-electron chi connectivity index (χ3n) is 4.42. The zero-order valence-corrected chi connectivity index (χ0v) is 13.3. The lowest BCUT2D eigenvalue weighted by Gasteiger charge is -2.31. The Bertz CT molecular complexity index is 626. The molecular formula is C17H24NO3+. The van der Waals surface area contributed by atoms with Crippen LogP contribution in [-0.4, -0.2) is 43.7 Å². The lowest BCUT2D eigenvalue weighted by Crippen LogP contribution is -2.46. The number of hydrogen-bond acceptors (Lipinski definition) is 3.